The molecule has 1 aliphatic rings. The molecule has 0 amide bonds. The highest BCUT2D eigenvalue weighted by Gasteiger charge is 2.23. The van der Waals surface area contributed by atoms with Gasteiger partial charge in [0.25, 0.3) is 0 Å². The highest BCUT2D eigenvalue weighted by molar-refractivity contribution is 7.15. The SMILES string of the molecule is CC(C)N(c1ccccc1)c1ccccc1.CP.CP.c1ccc2c(c1)C[n+]1ccccc1-2. The van der Waals surface area contributed by atoms with Gasteiger partial charge in [0.2, 0.25) is 5.69 Å². The number of anilines is 2. The number of benzene rings is 3. The van der Waals surface area contributed by atoms with Crippen molar-refractivity contribution in [2.24, 2.45) is 0 Å². The van der Waals surface area contributed by atoms with Crippen molar-refractivity contribution in [1.29, 1.82) is 0 Å². The molecule has 2 atom stereocenters. The maximum absolute atomic E-state index is 2.42. The Labute approximate surface area is 205 Å². The predicted molar refractivity (Wildman–Crippen MR) is 153 cm³/mol. The molecule has 5 rings (SSSR count). The first-order valence-electron chi connectivity index (χ1n) is 11.4. The lowest BCUT2D eigenvalue weighted by atomic mass is 10.1. The van der Waals surface area contributed by atoms with Crippen LogP contribution in [-0.2, 0) is 6.54 Å². The van der Waals surface area contributed by atoms with Crippen molar-refractivity contribution < 1.29 is 4.57 Å². The molecule has 0 spiro atoms. The van der Waals surface area contributed by atoms with Crippen LogP contribution in [0, 0.1) is 0 Å². The van der Waals surface area contributed by atoms with Gasteiger partial charge >= 0.3 is 0 Å². The molecule has 172 valence electrons. The van der Waals surface area contributed by atoms with Crippen LogP contribution in [0.15, 0.2) is 109 Å². The Hall–Kier alpha value is -2.53. The molecule has 0 saturated carbocycles. The van der Waals surface area contributed by atoms with Crippen LogP contribution in [0.5, 0.6) is 0 Å². The molecule has 33 heavy (non-hydrogen) atoms. The van der Waals surface area contributed by atoms with Crippen molar-refractivity contribution >= 4 is 29.9 Å². The quantitative estimate of drug-likeness (QED) is 0.197. The summed E-state index contributed by atoms with van der Waals surface area (Å²) < 4.78 is 2.28. The molecule has 2 nitrogen and oxygen atoms in total. The number of fused-ring (bicyclic) bond motifs is 3. The van der Waals surface area contributed by atoms with Crippen LogP contribution in [0.1, 0.15) is 19.4 Å². The number of hydrogen-bond donors (Lipinski definition) is 0. The van der Waals surface area contributed by atoms with E-state index in [4.69, 9.17) is 0 Å². The van der Waals surface area contributed by atoms with Gasteiger partial charge in [-0.25, -0.2) is 0 Å². The van der Waals surface area contributed by atoms with Crippen LogP contribution < -0.4 is 9.47 Å². The zero-order valence-electron chi connectivity index (χ0n) is 20.2. The monoisotopic (exact) mass is 475 g/mol. The number of para-hydroxylation sites is 2. The summed E-state index contributed by atoms with van der Waals surface area (Å²) in [5, 5.41) is 0. The van der Waals surface area contributed by atoms with Gasteiger partial charge in [0.15, 0.2) is 12.7 Å². The molecule has 4 heteroatoms. The standard InChI is InChI=1S/C15H17N.C12H10N.2CH5P/c1-13(2)16(14-9-5-3-6-10-14)15-11-7-4-8-12-15;1-2-6-11-10(5-1)9-13-8-4-3-7-12(11)13;2*1-2/h3-13H,1-2H3;1-8H,9H2;2*2H2,1H3/q;+1;;. The van der Waals surface area contributed by atoms with Crippen molar-refractivity contribution in [3.05, 3.63) is 115 Å². The maximum Gasteiger partial charge on any atom is 0.213 e. The van der Waals surface area contributed by atoms with E-state index >= 15 is 0 Å². The van der Waals surface area contributed by atoms with Crippen molar-refractivity contribution in [1.82, 2.24) is 0 Å². The Balaban J connectivity index is 0.000000206. The van der Waals surface area contributed by atoms with E-state index in [1.165, 1.54) is 28.2 Å². The third kappa shape index (κ3) is 7.23. The van der Waals surface area contributed by atoms with Gasteiger partial charge in [-0.2, -0.15) is 4.57 Å². The number of nitrogens with zero attached hydrogens (tertiary/aromatic N) is 2. The van der Waals surface area contributed by atoms with Gasteiger partial charge in [-0.1, -0.05) is 67.9 Å². The first kappa shape index (κ1) is 26.7. The fourth-order valence-electron chi connectivity index (χ4n) is 3.87. The minimum Gasteiger partial charge on any atom is -0.339 e. The highest BCUT2D eigenvalue weighted by atomic mass is 31.0. The van der Waals surface area contributed by atoms with Gasteiger partial charge in [0, 0.05) is 35.1 Å². The molecule has 0 N–H and O–H groups in total. The molecule has 1 aliphatic heterocycles. The molecule has 0 radical (unpaired) electrons. The van der Waals surface area contributed by atoms with Crippen LogP contribution in [0.2, 0.25) is 0 Å². The van der Waals surface area contributed by atoms with Gasteiger partial charge in [-0.05, 0) is 50.2 Å². The fraction of sp³-hybridized carbons (Fsp3) is 0.207. The summed E-state index contributed by atoms with van der Waals surface area (Å²) in [6.45, 7) is 9.27. The van der Waals surface area contributed by atoms with Crippen LogP contribution in [-0.4, -0.2) is 19.4 Å². The highest BCUT2D eigenvalue weighted by Crippen LogP contribution is 2.27. The third-order valence-corrected chi connectivity index (χ3v) is 5.16. The topological polar surface area (TPSA) is 7.12 Å². The smallest absolute Gasteiger partial charge is 0.213 e. The van der Waals surface area contributed by atoms with Crippen LogP contribution in [0.25, 0.3) is 11.3 Å². The molecule has 4 aromatic rings. The predicted octanol–water partition coefficient (Wildman–Crippen LogP) is 7.22. The van der Waals surface area contributed by atoms with Gasteiger partial charge < -0.3 is 4.90 Å². The molecule has 3 aromatic carbocycles. The Bertz CT molecular complexity index is 984. The second-order valence-corrected chi connectivity index (χ2v) is 7.51. The zero-order valence-corrected chi connectivity index (χ0v) is 22.5. The molecular formula is C29H37N2P2+. The largest absolute Gasteiger partial charge is 0.339 e. The van der Waals surface area contributed by atoms with E-state index in [0.717, 1.165) is 6.54 Å². The van der Waals surface area contributed by atoms with Crippen LogP contribution >= 0.6 is 18.5 Å². The van der Waals surface area contributed by atoms with E-state index in [2.05, 4.69) is 139 Å². The summed E-state index contributed by atoms with van der Waals surface area (Å²) in [6, 6.07) is 36.4. The summed E-state index contributed by atoms with van der Waals surface area (Å²) >= 11 is 0. The van der Waals surface area contributed by atoms with Gasteiger partial charge in [-0.15, -0.1) is 18.5 Å². The number of pyridine rings is 1. The van der Waals surface area contributed by atoms with E-state index in [9.17, 15) is 0 Å². The number of hydrogen-bond acceptors (Lipinski definition) is 1. The van der Waals surface area contributed by atoms with E-state index in [1.54, 1.807) is 0 Å². The molecular weight excluding hydrogens is 438 g/mol. The second-order valence-electron chi connectivity index (χ2n) is 7.51. The Morgan fingerprint density at radius 3 is 1.67 bits per heavy atom. The van der Waals surface area contributed by atoms with E-state index in [-0.39, 0.29) is 0 Å². The number of aromatic nitrogens is 1. The second kappa shape index (κ2) is 14.6. The maximum atomic E-state index is 2.42. The number of rotatable bonds is 3. The average molecular weight is 476 g/mol. The molecule has 1 aromatic heterocycles. The van der Waals surface area contributed by atoms with Gasteiger partial charge in [0.1, 0.15) is 0 Å². The molecule has 0 saturated heterocycles. The summed E-state index contributed by atoms with van der Waals surface area (Å²) in [5.74, 6) is 0. The lowest BCUT2D eigenvalue weighted by Gasteiger charge is -2.29. The fourth-order valence-corrected chi connectivity index (χ4v) is 3.87. The van der Waals surface area contributed by atoms with E-state index in [1.807, 2.05) is 25.5 Å². The van der Waals surface area contributed by atoms with Crippen molar-refractivity contribution in [2.45, 2.75) is 26.4 Å². The first-order valence-corrected chi connectivity index (χ1v) is 13.7. The first-order chi connectivity index (χ1) is 16.2. The molecule has 2 heterocycles. The zero-order chi connectivity index (χ0) is 24.1. The van der Waals surface area contributed by atoms with Gasteiger partial charge in [-0.3, -0.25) is 0 Å². The summed E-state index contributed by atoms with van der Waals surface area (Å²) in [5.41, 5.74) is 6.61. The lowest BCUT2D eigenvalue weighted by Crippen LogP contribution is -2.31. The van der Waals surface area contributed by atoms with E-state index < -0.39 is 0 Å². The Kier molecular flexibility index (Phi) is 11.8. The average Bonchev–Trinajstić information content (AvgIpc) is 3.27. The third-order valence-electron chi connectivity index (χ3n) is 5.16. The summed E-state index contributed by atoms with van der Waals surface area (Å²) in [6.07, 6.45) is 2.13. The molecule has 0 bridgehead atoms. The molecule has 0 fully saturated rings. The van der Waals surface area contributed by atoms with Crippen molar-refractivity contribution in [3.63, 3.8) is 0 Å². The molecule has 2 unspecified atom stereocenters. The van der Waals surface area contributed by atoms with Crippen molar-refractivity contribution in [3.8, 4) is 11.3 Å². The summed E-state index contributed by atoms with van der Waals surface area (Å²) in [7, 11) is 4.83. The van der Waals surface area contributed by atoms with E-state index in [0.29, 0.717) is 6.04 Å². The normalized spacial score (nSPS) is 10.3. The summed E-state index contributed by atoms with van der Waals surface area (Å²) in [4.78, 5) is 2.33. The minimum atomic E-state index is 0.449. The Morgan fingerprint density at radius 1 is 0.636 bits per heavy atom. The van der Waals surface area contributed by atoms with Crippen molar-refractivity contribution in [2.75, 3.05) is 18.2 Å². The molecule has 0 aliphatic carbocycles. The van der Waals surface area contributed by atoms with Gasteiger partial charge in [0.05, 0.1) is 5.56 Å². The minimum absolute atomic E-state index is 0.449. The lowest BCUT2D eigenvalue weighted by molar-refractivity contribution is -0.672. The van der Waals surface area contributed by atoms with Crippen LogP contribution in [0.3, 0.4) is 0 Å². The van der Waals surface area contributed by atoms with Crippen LogP contribution in [0.4, 0.5) is 11.4 Å². The Morgan fingerprint density at radius 2 is 1.12 bits per heavy atom.